The first-order valence-electron chi connectivity index (χ1n) is 6.65. The Hall–Kier alpha value is -1.21. The molecule has 0 aliphatic carbocycles. The van der Waals surface area contributed by atoms with Crippen LogP contribution in [0.25, 0.3) is 0 Å². The predicted molar refractivity (Wildman–Crippen MR) is 74.1 cm³/mol. The van der Waals surface area contributed by atoms with Gasteiger partial charge in [0.15, 0.2) is 0 Å². The van der Waals surface area contributed by atoms with Crippen LogP contribution in [0.4, 0.5) is 13.2 Å². The highest BCUT2D eigenvalue weighted by Gasteiger charge is 2.29. The molecule has 1 aromatic rings. The molecule has 1 aromatic carbocycles. The molecule has 0 aromatic heterocycles. The number of piperidine rings is 1. The number of aliphatic hydroxyl groups excluding tert-OH is 1. The zero-order valence-electron chi connectivity index (χ0n) is 11.3. The quantitative estimate of drug-likeness (QED) is 0.870. The van der Waals surface area contributed by atoms with Crippen LogP contribution < -0.4 is 0 Å². The molecule has 0 radical (unpaired) electrons. The molecule has 116 valence electrons. The average Bonchev–Trinajstić information content (AvgIpc) is 2.46. The molecule has 0 unspecified atom stereocenters. The highest BCUT2D eigenvalue weighted by Crippen LogP contribution is 2.36. The Balaban J connectivity index is 1.97. The summed E-state index contributed by atoms with van der Waals surface area (Å²) in [4.78, 5) is 14.0. The van der Waals surface area contributed by atoms with Gasteiger partial charge in [0, 0.05) is 30.2 Å². The Morgan fingerprint density at radius 3 is 2.29 bits per heavy atom. The Bertz CT molecular complexity index is 482. The van der Waals surface area contributed by atoms with Crippen LogP contribution in [0.1, 0.15) is 23.2 Å². The van der Waals surface area contributed by atoms with E-state index in [-0.39, 0.29) is 35.1 Å². The average molecular weight is 319 g/mol. The molecule has 0 atom stereocenters. The molecule has 1 aliphatic rings. The number of amides is 1. The number of nitrogens with zero attached hydrogens (tertiary/aromatic N) is 1. The zero-order chi connectivity index (χ0) is 15.5. The lowest BCUT2D eigenvalue weighted by Crippen LogP contribution is -2.39. The molecular weight excluding hydrogens is 303 g/mol. The van der Waals surface area contributed by atoms with Gasteiger partial charge in [-0.2, -0.15) is 13.2 Å². The van der Waals surface area contributed by atoms with E-state index in [9.17, 15) is 18.0 Å². The standard InChI is InChI=1S/C14H16F3NO2S/c15-14(16,17)21-12-3-1-11(2-4-12)13(20)18-7-5-10(9-19)6-8-18/h1-4,10,19H,5-9H2. The number of halogens is 3. The van der Waals surface area contributed by atoms with E-state index in [0.717, 1.165) is 12.8 Å². The summed E-state index contributed by atoms with van der Waals surface area (Å²) in [5.41, 5.74) is -3.93. The van der Waals surface area contributed by atoms with Crippen LogP contribution in [0.15, 0.2) is 29.2 Å². The second-order valence-corrected chi connectivity index (χ2v) is 6.13. The first-order valence-corrected chi connectivity index (χ1v) is 7.46. The van der Waals surface area contributed by atoms with E-state index in [2.05, 4.69) is 0 Å². The summed E-state index contributed by atoms with van der Waals surface area (Å²) >= 11 is -0.193. The van der Waals surface area contributed by atoms with Crippen molar-refractivity contribution in [2.24, 2.45) is 5.92 Å². The fourth-order valence-corrected chi connectivity index (χ4v) is 2.84. The Morgan fingerprint density at radius 2 is 1.81 bits per heavy atom. The van der Waals surface area contributed by atoms with Crippen molar-refractivity contribution in [3.8, 4) is 0 Å². The lowest BCUT2D eigenvalue weighted by molar-refractivity contribution is -0.0328. The number of benzene rings is 1. The molecule has 1 heterocycles. The minimum Gasteiger partial charge on any atom is -0.396 e. The van der Waals surface area contributed by atoms with Gasteiger partial charge in [-0.3, -0.25) is 4.79 Å². The molecule has 1 aliphatic heterocycles. The zero-order valence-corrected chi connectivity index (χ0v) is 12.1. The van der Waals surface area contributed by atoms with Gasteiger partial charge >= 0.3 is 5.51 Å². The number of alkyl halides is 3. The van der Waals surface area contributed by atoms with Crippen molar-refractivity contribution in [1.82, 2.24) is 4.90 Å². The molecule has 2 rings (SSSR count). The van der Waals surface area contributed by atoms with Gasteiger partial charge in [-0.25, -0.2) is 0 Å². The third kappa shape index (κ3) is 4.64. The number of carbonyl (C=O) groups is 1. The minimum absolute atomic E-state index is 0.0676. The number of likely N-dealkylation sites (tertiary alicyclic amines) is 1. The van der Waals surface area contributed by atoms with E-state index >= 15 is 0 Å². The molecular formula is C14H16F3NO2S. The fourth-order valence-electron chi connectivity index (χ4n) is 2.30. The Labute approximate surface area is 125 Å². The predicted octanol–water partition coefficient (Wildman–Crippen LogP) is 3.14. The number of thioether (sulfide) groups is 1. The molecule has 21 heavy (non-hydrogen) atoms. The summed E-state index contributed by atoms with van der Waals surface area (Å²) in [5.74, 6) is 0.0644. The first-order chi connectivity index (χ1) is 9.89. The van der Waals surface area contributed by atoms with Gasteiger partial charge in [0.2, 0.25) is 0 Å². The normalized spacial score (nSPS) is 17.0. The molecule has 0 saturated carbocycles. The van der Waals surface area contributed by atoms with Crippen LogP contribution in [0.5, 0.6) is 0 Å². The molecule has 7 heteroatoms. The highest BCUT2D eigenvalue weighted by atomic mass is 32.2. The number of rotatable bonds is 3. The van der Waals surface area contributed by atoms with Crippen molar-refractivity contribution in [1.29, 1.82) is 0 Å². The Morgan fingerprint density at radius 1 is 1.24 bits per heavy atom. The SMILES string of the molecule is O=C(c1ccc(SC(F)(F)F)cc1)N1CCC(CO)CC1. The van der Waals surface area contributed by atoms with Gasteiger partial charge in [0.1, 0.15) is 0 Å². The monoisotopic (exact) mass is 319 g/mol. The lowest BCUT2D eigenvalue weighted by atomic mass is 9.97. The van der Waals surface area contributed by atoms with Gasteiger partial charge in [-0.05, 0) is 54.8 Å². The number of aliphatic hydroxyl groups is 1. The largest absolute Gasteiger partial charge is 0.446 e. The van der Waals surface area contributed by atoms with Crippen LogP contribution in [0.2, 0.25) is 0 Å². The summed E-state index contributed by atoms with van der Waals surface area (Å²) in [6.07, 6.45) is 1.51. The second kappa shape index (κ2) is 6.70. The van der Waals surface area contributed by atoms with E-state index in [1.807, 2.05) is 0 Å². The van der Waals surface area contributed by atoms with Crippen molar-refractivity contribution < 1.29 is 23.1 Å². The van der Waals surface area contributed by atoms with Crippen molar-refractivity contribution in [3.05, 3.63) is 29.8 Å². The summed E-state index contributed by atoms with van der Waals surface area (Å²) in [5, 5.41) is 9.06. The molecule has 1 amide bonds. The number of hydrogen-bond donors (Lipinski definition) is 1. The summed E-state index contributed by atoms with van der Waals surface area (Å²) < 4.78 is 36.7. The van der Waals surface area contributed by atoms with Gasteiger partial charge < -0.3 is 10.0 Å². The second-order valence-electron chi connectivity index (χ2n) is 4.99. The van der Waals surface area contributed by atoms with Crippen LogP contribution in [0.3, 0.4) is 0 Å². The summed E-state index contributed by atoms with van der Waals surface area (Å²) in [6, 6.07) is 5.47. The van der Waals surface area contributed by atoms with Gasteiger partial charge in [-0.15, -0.1) is 0 Å². The van der Waals surface area contributed by atoms with Crippen LogP contribution >= 0.6 is 11.8 Å². The van der Waals surface area contributed by atoms with Gasteiger partial charge in [0.05, 0.1) is 0 Å². The van der Waals surface area contributed by atoms with E-state index in [0.29, 0.717) is 18.7 Å². The van der Waals surface area contributed by atoms with Gasteiger partial charge in [0.25, 0.3) is 5.91 Å². The third-order valence-corrected chi connectivity index (χ3v) is 4.23. The highest BCUT2D eigenvalue weighted by molar-refractivity contribution is 8.00. The van der Waals surface area contributed by atoms with Gasteiger partial charge in [-0.1, -0.05) is 0 Å². The smallest absolute Gasteiger partial charge is 0.396 e. The van der Waals surface area contributed by atoms with Crippen molar-refractivity contribution >= 4 is 17.7 Å². The van der Waals surface area contributed by atoms with Crippen molar-refractivity contribution in [2.75, 3.05) is 19.7 Å². The van der Waals surface area contributed by atoms with E-state index in [1.54, 1.807) is 4.90 Å². The molecule has 1 fully saturated rings. The maximum Gasteiger partial charge on any atom is 0.446 e. The fraction of sp³-hybridized carbons (Fsp3) is 0.500. The minimum atomic E-state index is -4.32. The van der Waals surface area contributed by atoms with E-state index in [4.69, 9.17) is 5.11 Å². The van der Waals surface area contributed by atoms with Crippen molar-refractivity contribution in [2.45, 2.75) is 23.2 Å². The number of carbonyl (C=O) groups excluding carboxylic acids is 1. The summed E-state index contributed by atoms with van der Waals surface area (Å²) in [6.45, 7) is 1.28. The summed E-state index contributed by atoms with van der Waals surface area (Å²) in [7, 11) is 0. The van der Waals surface area contributed by atoms with Crippen LogP contribution in [0, 0.1) is 5.92 Å². The molecule has 3 nitrogen and oxygen atoms in total. The molecule has 0 spiro atoms. The molecule has 1 saturated heterocycles. The first kappa shape index (κ1) is 16.2. The molecule has 1 N–H and O–H groups in total. The van der Waals surface area contributed by atoms with Crippen LogP contribution in [-0.4, -0.2) is 41.1 Å². The molecule has 0 bridgehead atoms. The van der Waals surface area contributed by atoms with Crippen molar-refractivity contribution in [3.63, 3.8) is 0 Å². The maximum atomic E-state index is 12.2. The van der Waals surface area contributed by atoms with E-state index < -0.39 is 5.51 Å². The topological polar surface area (TPSA) is 40.5 Å². The number of hydrogen-bond acceptors (Lipinski definition) is 3. The van der Waals surface area contributed by atoms with E-state index in [1.165, 1.54) is 24.3 Å². The lowest BCUT2D eigenvalue weighted by Gasteiger charge is -2.31. The maximum absolute atomic E-state index is 12.2. The third-order valence-electron chi connectivity index (χ3n) is 3.49. The Kier molecular flexibility index (Phi) is 5.16. The van der Waals surface area contributed by atoms with Crippen LogP contribution in [-0.2, 0) is 0 Å².